The van der Waals surface area contributed by atoms with E-state index in [0.29, 0.717) is 43.5 Å². The SMILES string of the molecule is COc1cc(N2CCN(C(=O)CNCCN)CC2)ccc1Cl.N=C(CCl)C(F)(F)F. The Bertz CT molecular complexity index is 699. The van der Waals surface area contributed by atoms with Crippen LogP contribution in [-0.2, 0) is 4.79 Å². The quantitative estimate of drug-likeness (QED) is 0.322. The van der Waals surface area contributed by atoms with Crippen molar-refractivity contribution < 1.29 is 22.7 Å². The topological polar surface area (TPSA) is 94.7 Å². The second-order valence-corrected chi connectivity index (χ2v) is 6.94. The van der Waals surface area contributed by atoms with Crippen LogP contribution in [-0.4, -0.2) is 81.5 Å². The second kappa shape index (κ2) is 12.8. The number of nitrogens with two attached hydrogens (primary N) is 1. The standard InChI is InChI=1S/C15H23ClN4O2.C3H3ClF3N/c1-22-14-10-12(2-3-13(14)16)19-6-8-20(9-7-19)15(21)11-18-5-4-17;4-1-2(8)3(5,6)7/h2-3,10,18H,4-9,11,17H2,1H3;8H,1H2. The number of hydrogen-bond acceptors (Lipinski definition) is 6. The van der Waals surface area contributed by atoms with Crippen LogP contribution in [0.3, 0.4) is 0 Å². The third kappa shape index (κ3) is 8.55. The van der Waals surface area contributed by atoms with Gasteiger partial charge < -0.3 is 25.6 Å². The molecule has 0 aliphatic carbocycles. The van der Waals surface area contributed by atoms with Crippen molar-refractivity contribution in [2.75, 3.05) is 63.7 Å². The largest absolute Gasteiger partial charge is 0.495 e. The number of ether oxygens (including phenoxy) is 1. The lowest BCUT2D eigenvalue weighted by molar-refractivity contribution is -0.130. The van der Waals surface area contributed by atoms with Crippen molar-refractivity contribution >= 4 is 40.5 Å². The Labute approximate surface area is 183 Å². The highest BCUT2D eigenvalue weighted by atomic mass is 35.5. The number of hydrogen-bond donors (Lipinski definition) is 3. The zero-order valence-corrected chi connectivity index (χ0v) is 18.1. The molecule has 0 atom stereocenters. The molecule has 170 valence electrons. The van der Waals surface area contributed by atoms with E-state index < -0.39 is 17.8 Å². The maximum absolute atomic E-state index is 12.0. The van der Waals surface area contributed by atoms with E-state index >= 15 is 0 Å². The van der Waals surface area contributed by atoms with Crippen LogP contribution < -0.4 is 20.7 Å². The summed E-state index contributed by atoms with van der Waals surface area (Å²) in [6.45, 7) is 4.59. The fourth-order valence-corrected chi connectivity index (χ4v) is 2.89. The summed E-state index contributed by atoms with van der Waals surface area (Å²) in [5.41, 5.74) is 5.06. The number of nitrogens with zero attached hydrogens (tertiary/aromatic N) is 2. The maximum atomic E-state index is 12.0. The molecule has 12 heteroatoms. The number of benzene rings is 1. The summed E-state index contributed by atoms with van der Waals surface area (Å²) in [5, 5.41) is 9.77. The zero-order valence-electron chi connectivity index (χ0n) is 16.6. The van der Waals surface area contributed by atoms with Crippen molar-refractivity contribution in [3.63, 3.8) is 0 Å². The summed E-state index contributed by atoms with van der Waals surface area (Å²) >= 11 is 10.7. The molecule has 1 aliphatic rings. The van der Waals surface area contributed by atoms with E-state index in [-0.39, 0.29) is 5.91 Å². The summed E-state index contributed by atoms with van der Waals surface area (Å²) in [5.74, 6) is 0.0224. The molecule has 30 heavy (non-hydrogen) atoms. The van der Waals surface area contributed by atoms with Gasteiger partial charge in [0, 0.05) is 51.0 Å². The Morgan fingerprint density at radius 3 is 2.40 bits per heavy atom. The lowest BCUT2D eigenvalue weighted by Gasteiger charge is -2.36. The first-order chi connectivity index (χ1) is 14.1. The average molecular weight is 472 g/mol. The van der Waals surface area contributed by atoms with Gasteiger partial charge in [0.2, 0.25) is 5.91 Å². The Balaban J connectivity index is 0.000000479. The van der Waals surface area contributed by atoms with Crippen molar-refractivity contribution in [2.24, 2.45) is 5.73 Å². The van der Waals surface area contributed by atoms with Gasteiger partial charge >= 0.3 is 6.18 Å². The minimum Gasteiger partial charge on any atom is -0.495 e. The zero-order chi connectivity index (χ0) is 22.7. The van der Waals surface area contributed by atoms with Crippen LogP contribution in [0.5, 0.6) is 5.75 Å². The molecule has 0 spiro atoms. The van der Waals surface area contributed by atoms with Gasteiger partial charge in [0.15, 0.2) is 0 Å². The fraction of sp³-hybridized carbons (Fsp3) is 0.556. The first-order valence-corrected chi connectivity index (χ1v) is 10.0. The molecule has 4 N–H and O–H groups in total. The lowest BCUT2D eigenvalue weighted by atomic mass is 10.2. The molecule has 0 unspecified atom stereocenters. The van der Waals surface area contributed by atoms with Gasteiger partial charge in [-0.25, -0.2) is 0 Å². The molecule has 1 aromatic rings. The van der Waals surface area contributed by atoms with Crippen molar-refractivity contribution in [1.82, 2.24) is 10.2 Å². The molecular weight excluding hydrogens is 446 g/mol. The third-order valence-corrected chi connectivity index (χ3v) is 4.78. The number of methoxy groups -OCH3 is 1. The van der Waals surface area contributed by atoms with Crippen LogP contribution in [0.1, 0.15) is 0 Å². The molecule has 1 saturated heterocycles. The number of halogens is 5. The predicted octanol–water partition coefficient (Wildman–Crippen LogP) is 2.35. The molecule has 1 aromatic carbocycles. The first kappa shape index (κ1) is 26.3. The first-order valence-electron chi connectivity index (χ1n) is 9.11. The van der Waals surface area contributed by atoms with Crippen LogP contribution in [0, 0.1) is 5.41 Å². The second-order valence-electron chi connectivity index (χ2n) is 6.26. The van der Waals surface area contributed by atoms with Gasteiger partial charge in [-0.2, -0.15) is 13.2 Å². The molecule has 7 nitrogen and oxygen atoms in total. The van der Waals surface area contributed by atoms with Gasteiger partial charge in [-0.15, -0.1) is 11.6 Å². The smallest absolute Gasteiger partial charge is 0.429 e. The summed E-state index contributed by atoms with van der Waals surface area (Å²) < 4.78 is 38.7. The summed E-state index contributed by atoms with van der Waals surface area (Å²) in [6.07, 6.45) is -4.54. The highest BCUT2D eigenvalue weighted by molar-refractivity contribution is 6.32. The normalized spacial score (nSPS) is 14.1. The highest BCUT2D eigenvalue weighted by Gasteiger charge is 2.32. The number of anilines is 1. The molecule has 1 amide bonds. The molecule has 0 bridgehead atoms. The molecule has 1 aliphatic heterocycles. The lowest BCUT2D eigenvalue weighted by Crippen LogP contribution is -2.51. The van der Waals surface area contributed by atoms with E-state index in [1.165, 1.54) is 0 Å². The van der Waals surface area contributed by atoms with Crippen molar-refractivity contribution in [3.05, 3.63) is 23.2 Å². The molecule has 0 saturated carbocycles. The van der Waals surface area contributed by atoms with Crippen LogP contribution >= 0.6 is 23.2 Å². The van der Waals surface area contributed by atoms with Gasteiger partial charge in [-0.3, -0.25) is 10.2 Å². The van der Waals surface area contributed by atoms with Crippen LogP contribution in [0.2, 0.25) is 5.02 Å². The van der Waals surface area contributed by atoms with Gasteiger partial charge in [-0.05, 0) is 12.1 Å². The van der Waals surface area contributed by atoms with E-state index in [1.807, 2.05) is 23.1 Å². The summed E-state index contributed by atoms with van der Waals surface area (Å²) in [4.78, 5) is 16.1. The number of carbonyl (C=O) groups is 1. The molecule has 0 radical (unpaired) electrons. The Kier molecular flexibility index (Phi) is 11.2. The van der Waals surface area contributed by atoms with Crippen LogP contribution in [0.4, 0.5) is 18.9 Å². The van der Waals surface area contributed by atoms with Gasteiger partial charge in [0.1, 0.15) is 11.5 Å². The number of piperazine rings is 1. The number of carbonyl (C=O) groups excluding carboxylic acids is 1. The monoisotopic (exact) mass is 471 g/mol. The number of amides is 1. The van der Waals surface area contributed by atoms with Crippen molar-refractivity contribution in [3.8, 4) is 5.75 Å². The minimum atomic E-state index is -4.54. The Hall–Kier alpha value is -1.75. The number of nitrogens with one attached hydrogen (secondary N) is 2. The molecule has 0 aromatic heterocycles. The molecular formula is C18H26Cl2F3N5O2. The van der Waals surface area contributed by atoms with Crippen LogP contribution in [0.25, 0.3) is 0 Å². The van der Waals surface area contributed by atoms with Crippen LogP contribution in [0.15, 0.2) is 18.2 Å². The van der Waals surface area contributed by atoms with E-state index in [2.05, 4.69) is 10.2 Å². The average Bonchev–Trinajstić information content (AvgIpc) is 2.73. The fourth-order valence-electron chi connectivity index (χ4n) is 2.54. The molecule has 2 rings (SSSR count). The van der Waals surface area contributed by atoms with Gasteiger partial charge in [0.25, 0.3) is 0 Å². The van der Waals surface area contributed by atoms with Gasteiger partial charge in [-0.1, -0.05) is 11.6 Å². The Morgan fingerprint density at radius 2 is 1.93 bits per heavy atom. The highest BCUT2D eigenvalue weighted by Crippen LogP contribution is 2.29. The van der Waals surface area contributed by atoms with E-state index in [0.717, 1.165) is 18.8 Å². The Morgan fingerprint density at radius 1 is 1.30 bits per heavy atom. The molecule has 1 fully saturated rings. The van der Waals surface area contributed by atoms with E-state index in [1.54, 1.807) is 7.11 Å². The maximum Gasteiger partial charge on any atom is 0.429 e. The van der Waals surface area contributed by atoms with Gasteiger partial charge in [0.05, 0.1) is 24.6 Å². The van der Waals surface area contributed by atoms with E-state index in [4.69, 9.17) is 39.1 Å². The minimum absolute atomic E-state index is 0.127. The van der Waals surface area contributed by atoms with Crippen molar-refractivity contribution in [1.29, 1.82) is 5.41 Å². The number of rotatable bonds is 7. The number of alkyl halides is 4. The molecule has 1 heterocycles. The third-order valence-electron chi connectivity index (χ3n) is 4.21. The summed E-state index contributed by atoms with van der Waals surface area (Å²) in [6, 6.07) is 5.75. The van der Waals surface area contributed by atoms with E-state index in [9.17, 15) is 18.0 Å². The summed E-state index contributed by atoms with van der Waals surface area (Å²) in [7, 11) is 1.61. The van der Waals surface area contributed by atoms with Crippen molar-refractivity contribution in [2.45, 2.75) is 6.18 Å². The predicted molar refractivity (Wildman–Crippen MR) is 113 cm³/mol.